The highest BCUT2D eigenvalue weighted by Gasteiger charge is 2.29. The lowest BCUT2D eigenvalue weighted by molar-refractivity contribution is 0.0700. The van der Waals surface area contributed by atoms with Crippen molar-refractivity contribution in [2.24, 2.45) is 0 Å². The van der Waals surface area contributed by atoms with Gasteiger partial charge in [-0.15, -0.1) is 10.2 Å². The molecule has 0 atom stereocenters. The van der Waals surface area contributed by atoms with E-state index in [0.29, 0.717) is 30.2 Å². The van der Waals surface area contributed by atoms with Crippen LogP contribution < -0.4 is 0 Å². The lowest BCUT2D eigenvalue weighted by atomic mass is 9.96. The summed E-state index contributed by atoms with van der Waals surface area (Å²) in [6, 6.07) is 9.37. The van der Waals surface area contributed by atoms with Crippen LogP contribution in [0.2, 0.25) is 0 Å². The highest BCUT2D eigenvalue weighted by Crippen LogP contribution is 2.28. The molecule has 0 unspecified atom stereocenters. The number of fused-ring (bicyclic) bond motifs is 1. The molecule has 1 saturated heterocycles. The highest BCUT2D eigenvalue weighted by atomic mass is 16.5. The largest absolute Gasteiger partial charge is 0.361 e. The molecular formula is C20H19N7O2. The first-order valence-electron chi connectivity index (χ1n) is 9.54. The van der Waals surface area contributed by atoms with E-state index in [4.69, 9.17) is 9.62 Å². The van der Waals surface area contributed by atoms with E-state index >= 15 is 0 Å². The smallest absolute Gasteiger partial charge is 0.276 e. The van der Waals surface area contributed by atoms with Gasteiger partial charge in [0.2, 0.25) is 0 Å². The van der Waals surface area contributed by atoms with E-state index in [2.05, 4.69) is 20.3 Å². The van der Waals surface area contributed by atoms with Crippen LogP contribution >= 0.6 is 0 Å². The third-order valence-corrected chi connectivity index (χ3v) is 5.24. The molecule has 1 aliphatic rings. The average Bonchev–Trinajstić information content (AvgIpc) is 3.40. The van der Waals surface area contributed by atoms with Gasteiger partial charge >= 0.3 is 0 Å². The number of aromatic nitrogens is 6. The van der Waals surface area contributed by atoms with E-state index in [1.165, 1.54) is 0 Å². The molecule has 1 aliphatic heterocycles. The van der Waals surface area contributed by atoms with Crippen LogP contribution in [0.15, 0.2) is 47.2 Å². The fourth-order valence-corrected chi connectivity index (χ4v) is 3.70. The minimum absolute atomic E-state index is 0.0941. The van der Waals surface area contributed by atoms with Crippen molar-refractivity contribution in [2.75, 3.05) is 13.1 Å². The van der Waals surface area contributed by atoms with Gasteiger partial charge in [0.1, 0.15) is 5.76 Å². The molecule has 4 aromatic heterocycles. The lowest BCUT2D eigenvalue weighted by Gasteiger charge is -2.30. The van der Waals surface area contributed by atoms with Gasteiger partial charge < -0.3 is 9.42 Å². The molecule has 146 valence electrons. The number of hydrogen-bond donors (Lipinski definition) is 0. The number of pyridine rings is 1. The summed E-state index contributed by atoms with van der Waals surface area (Å²) >= 11 is 0. The quantitative estimate of drug-likeness (QED) is 0.530. The van der Waals surface area contributed by atoms with E-state index in [1.54, 1.807) is 25.4 Å². The van der Waals surface area contributed by atoms with Crippen LogP contribution in [0.5, 0.6) is 0 Å². The summed E-state index contributed by atoms with van der Waals surface area (Å²) in [6.07, 6.45) is 5.11. The van der Waals surface area contributed by atoms with Gasteiger partial charge in [0.25, 0.3) is 5.91 Å². The van der Waals surface area contributed by atoms with Crippen LogP contribution in [-0.4, -0.2) is 53.8 Å². The topological polar surface area (TPSA) is 102 Å². The van der Waals surface area contributed by atoms with Crippen LogP contribution in [0, 0.1) is 6.92 Å². The van der Waals surface area contributed by atoms with Crippen molar-refractivity contribution in [1.82, 2.24) is 34.9 Å². The number of nitrogens with zero attached hydrogens (tertiary/aromatic N) is 7. The van der Waals surface area contributed by atoms with Crippen LogP contribution in [0.4, 0.5) is 0 Å². The number of aryl methyl sites for hydroxylation is 1. The summed E-state index contributed by atoms with van der Waals surface area (Å²) in [5.74, 6) is 1.55. The second-order valence-electron chi connectivity index (χ2n) is 7.18. The molecular weight excluding hydrogens is 370 g/mol. The van der Waals surface area contributed by atoms with Gasteiger partial charge in [0.15, 0.2) is 17.2 Å². The second kappa shape index (κ2) is 7.08. The molecule has 4 aromatic rings. The van der Waals surface area contributed by atoms with Gasteiger partial charge in [-0.05, 0) is 44.0 Å². The fourth-order valence-electron chi connectivity index (χ4n) is 3.70. The van der Waals surface area contributed by atoms with Gasteiger partial charge in [-0.1, -0.05) is 5.16 Å². The van der Waals surface area contributed by atoms with Crippen molar-refractivity contribution in [2.45, 2.75) is 25.7 Å². The van der Waals surface area contributed by atoms with Crippen LogP contribution in [0.3, 0.4) is 0 Å². The predicted octanol–water partition coefficient (Wildman–Crippen LogP) is 2.50. The Hall–Kier alpha value is -3.62. The molecule has 0 spiro atoms. The number of carbonyl (C=O) groups excluding carboxylic acids is 1. The Morgan fingerprint density at radius 2 is 2.03 bits per heavy atom. The van der Waals surface area contributed by atoms with Gasteiger partial charge in [0.05, 0.1) is 5.69 Å². The highest BCUT2D eigenvalue weighted by molar-refractivity contribution is 5.92. The van der Waals surface area contributed by atoms with Gasteiger partial charge in [-0.2, -0.15) is 9.61 Å². The molecule has 5 rings (SSSR count). The third-order valence-electron chi connectivity index (χ3n) is 5.24. The number of likely N-dealkylation sites (tertiary alicyclic amines) is 1. The maximum Gasteiger partial charge on any atom is 0.276 e. The Morgan fingerprint density at radius 3 is 2.76 bits per heavy atom. The van der Waals surface area contributed by atoms with E-state index in [9.17, 15) is 4.79 Å². The zero-order chi connectivity index (χ0) is 19.8. The summed E-state index contributed by atoms with van der Waals surface area (Å²) in [6.45, 7) is 3.04. The first kappa shape index (κ1) is 17.5. The van der Waals surface area contributed by atoms with E-state index in [1.807, 2.05) is 33.7 Å². The van der Waals surface area contributed by atoms with Crippen molar-refractivity contribution in [1.29, 1.82) is 0 Å². The summed E-state index contributed by atoms with van der Waals surface area (Å²) in [4.78, 5) is 18.5. The van der Waals surface area contributed by atoms with Gasteiger partial charge in [-0.25, -0.2) is 0 Å². The molecule has 0 aliphatic carbocycles. The minimum atomic E-state index is -0.0941. The van der Waals surface area contributed by atoms with Crippen LogP contribution in [0.1, 0.15) is 40.8 Å². The third kappa shape index (κ3) is 3.24. The Bertz CT molecular complexity index is 1160. The lowest BCUT2D eigenvalue weighted by Crippen LogP contribution is -2.38. The van der Waals surface area contributed by atoms with Crippen molar-refractivity contribution in [3.63, 3.8) is 0 Å². The molecule has 1 fully saturated rings. The normalized spacial score (nSPS) is 15.1. The average molecular weight is 389 g/mol. The zero-order valence-corrected chi connectivity index (χ0v) is 15.9. The van der Waals surface area contributed by atoms with Gasteiger partial charge in [0, 0.05) is 43.0 Å². The zero-order valence-electron chi connectivity index (χ0n) is 15.9. The Balaban J connectivity index is 1.36. The number of carbonyl (C=O) groups is 1. The predicted molar refractivity (Wildman–Crippen MR) is 103 cm³/mol. The SMILES string of the molecule is Cc1cc(C(=O)N2CCC(c3nnc4ccc(-c5cccnc5)nn34)CC2)no1. The molecule has 29 heavy (non-hydrogen) atoms. The minimum Gasteiger partial charge on any atom is -0.361 e. The summed E-state index contributed by atoms with van der Waals surface area (Å²) in [5, 5.41) is 17.2. The first-order chi connectivity index (χ1) is 14.2. The number of hydrogen-bond acceptors (Lipinski definition) is 7. The van der Waals surface area contributed by atoms with E-state index < -0.39 is 0 Å². The molecule has 1 amide bonds. The molecule has 0 radical (unpaired) electrons. The molecule has 0 bridgehead atoms. The molecule has 9 heteroatoms. The fraction of sp³-hybridized carbons (Fsp3) is 0.300. The molecule has 5 heterocycles. The second-order valence-corrected chi connectivity index (χ2v) is 7.18. The van der Waals surface area contributed by atoms with Crippen LogP contribution in [-0.2, 0) is 0 Å². The maximum absolute atomic E-state index is 12.6. The van der Waals surface area contributed by atoms with E-state index in [-0.39, 0.29) is 11.8 Å². The Labute approximate surface area is 166 Å². The summed E-state index contributed by atoms with van der Waals surface area (Å²) in [5.41, 5.74) is 2.83. The monoisotopic (exact) mass is 389 g/mol. The molecule has 0 aromatic carbocycles. The van der Waals surface area contributed by atoms with Crippen molar-refractivity contribution < 1.29 is 9.32 Å². The van der Waals surface area contributed by atoms with Crippen molar-refractivity contribution >= 4 is 11.6 Å². The van der Waals surface area contributed by atoms with E-state index in [0.717, 1.165) is 29.9 Å². The molecule has 0 N–H and O–H groups in total. The number of amides is 1. The Morgan fingerprint density at radius 1 is 1.17 bits per heavy atom. The number of rotatable bonds is 3. The maximum atomic E-state index is 12.6. The first-order valence-corrected chi connectivity index (χ1v) is 9.54. The number of piperidine rings is 1. The molecule has 9 nitrogen and oxygen atoms in total. The standard InChI is InChI=1S/C20H19N7O2/c1-13-11-17(25-29-13)20(28)26-9-6-14(7-10-26)19-23-22-18-5-4-16(24-27(18)19)15-3-2-8-21-12-15/h2-5,8,11-12,14H,6-7,9-10H2,1H3. The van der Waals surface area contributed by atoms with Gasteiger partial charge in [-0.3, -0.25) is 9.78 Å². The Kier molecular flexibility index (Phi) is 4.27. The van der Waals surface area contributed by atoms with Crippen LogP contribution in [0.25, 0.3) is 16.9 Å². The summed E-state index contributed by atoms with van der Waals surface area (Å²) in [7, 11) is 0. The van der Waals surface area contributed by atoms with Crippen molar-refractivity contribution in [3.05, 3.63) is 60.0 Å². The molecule has 0 saturated carbocycles. The van der Waals surface area contributed by atoms with Crippen molar-refractivity contribution in [3.8, 4) is 11.3 Å². The summed E-state index contributed by atoms with van der Waals surface area (Å²) < 4.78 is 6.83.